The van der Waals surface area contributed by atoms with Crippen molar-refractivity contribution in [1.29, 1.82) is 0 Å². The van der Waals surface area contributed by atoms with Crippen LogP contribution in [0, 0.1) is 17.8 Å². The molecule has 0 fully saturated rings. The van der Waals surface area contributed by atoms with Gasteiger partial charge in [-0.05, 0) is 69.1 Å². The van der Waals surface area contributed by atoms with Crippen molar-refractivity contribution in [1.82, 2.24) is 0 Å². The van der Waals surface area contributed by atoms with E-state index in [0.29, 0.717) is 31.6 Å². The number of phosphoric acid groups is 2. The fraction of sp³-hybridized carbons (Fsp3) is 0.884. The van der Waals surface area contributed by atoms with Gasteiger partial charge in [-0.1, -0.05) is 265 Å². The van der Waals surface area contributed by atoms with Gasteiger partial charge in [-0.15, -0.1) is 0 Å². The van der Waals surface area contributed by atoms with E-state index in [0.717, 1.165) is 127 Å². The molecule has 0 rings (SSSR count). The number of esters is 4. The lowest BCUT2D eigenvalue weighted by Crippen LogP contribution is -2.30. The van der Waals surface area contributed by atoms with Gasteiger partial charge in [0.25, 0.3) is 0 Å². The van der Waals surface area contributed by atoms with E-state index in [1.807, 2.05) is 0 Å². The normalized spacial score (nSPS) is 14.7. The van der Waals surface area contributed by atoms with Gasteiger partial charge in [0, 0.05) is 25.7 Å². The Morgan fingerprint density at radius 1 is 0.375 bits per heavy atom. The summed E-state index contributed by atoms with van der Waals surface area (Å²) in [6.45, 7) is 11.7. The maximum atomic E-state index is 13.0. The van der Waals surface area contributed by atoms with E-state index in [-0.39, 0.29) is 25.7 Å². The maximum Gasteiger partial charge on any atom is 0.472 e. The third-order valence-electron chi connectivity index (χ3n) is 15.6. The summed E-state index contributed by atoms with van der Waals surface area (Å²) in [5.41, 5.74) is 0. The highest BCUT2D eigenvalue weighted by Gasteiger charge is 2.30. The van der Waals surface area contributed by atoms with E-state index in [1.165, 1.54) is 103 Å². The molecule has 0 bridgehead atoms. The van der Waals surface area contributed by atoms with E-state index < -0.39 is 97.5 Å². The average molecular weight is 1290 g/mol. The van der Waals surface area contributed by atoms with Gasteiger partial charge in [-0.2, -0.15) is 0 Å². The average Bonchev–Trinajstić information content (AvgIpc) is 3.64. The minimum atomic E-state index is -4.96. The highest BCUT2D eigenvalue weighted by Crippen LogP contribution is 2.45. The molecule has 0 aromatic rings. The summed E-state index contributed by atoms with van der Waals surface area (Å²) < 4.78 is 68.2. The number of hydrogen-bond donors (Lipinski definition) is 3. The van der Waals surface area contributed by atoms with Crippen molar-refractivity contribution in [2.24, 2.45) is 17.8 Å². The van der Waals surface area contributed by atoms with Crippen molar-refractivity contribution >= 4 is 39.5 Å². The molecule has 0 radical (unpaired) electrons. The zero-order valence-electron chi connectivity index (χ0n) is 56.7. The zero-order valence-corrected chi connectivity index (χ0v) is 58.5. The minimum Gasteiger partial charge on any atom is -0.462 e. The standard InChI is InChI=1S/C69H130O17P2/c1-8-10-11-12-13-14-15-16-17-18-19-20-30-38-45-52-68(73)85-64(56-79-66(71)50-43-36-29-23-21-26-33-40-47-60(3)4)58-83-87(75,76)81-54-63(70)55-82-88(77,78)84-59-65(57-80-67(72)51-44-37-32-25-27-34-41-48-61(5)6)86-69(74)53-46-39-31-24-22-28-35-42-49-62(7)9-2/h14-17,60-65,70H,8-13,18-59H2,1-7H3,(H,75,76)(H,77,78)/b15-14-,17-16-/t62?,63?,64-,65-/m1/s1. The van der Waals surface area contributed by atoms with Crippen molar-refractivity contribution in [3.8, 4) is 0 Å². The monoisotopic (exact) mass is 1290 g/mol. The summed E-state index contributed by atoms with van der Waals surface area (Å²) >= 11 is 0. The lowest BCUT2D eigenvalue weighted by Gasteiger charge is -2.21. The summed E-state index contributed by atoms with van der Waals surface area (Å²) in [5, 5.41) is 10.6. The largest absolute Gasteiger partial charge is 0.472 e. The van der Waals surface area contributed by atoms with Gasteiger partial charge in [0.1, 0.15) is 19.3 Å². The van der Waals surface area contributed by atoms with Crippen LogP contribution in [0.1, 0.15) is 318 Å². The molecule has 88 heavy (non-hydrogen) atoms. The number of unbranched alkanes of at least 4 members (excludes halogenated alkanes) is 29. The van der Waals surface area contributed by atoms with Crippen LogP contribution in [0.3, 0.4) is 0 Å². The molecule has 17 nitrogen and oxygen atoms in total. The molecule has 0 amide bonds. The molecular weight excluding hydrogens is 1160 g/mol. The first-order valence-electron chi connectivity index (χ1n) is 35.2. The highest BCUT2D eigenvalue weighted by molar-refractivity contribution is 7.47. The first kappa shape index (κ1) is 85.5. The van der Waals surface area contributed by atoms with Crippen LogP contribution in [0.5, 0.6) is 0 Å². The number of carbonyl (C=O) groups excluding carboxylic acids is 4. The third kappa shape index (κ3) is 61.1. The lowest BCUT2D eigenvalue weighted by molar-refractivity contribution is -0.161. The summed E-state index contributed by atoms with van der Waals surface area (Å²) in [7, 11) is -9.91. The predicted octanol–water partition coefficient (Wildman–Crippen LogP) is 19.0. The molecule has 0 aromatic carbocycles. The molecule has 0 aliphatic heterocycles. The number of aliphatic hydroxyl groups is 1. The molecule has 518 valence electrons. The second-order valence-electron chi connectivity index (χ2n) is 25.4. The Bertz CT molecular complexity index is 1830. The van der Waals surface area contributed by atoms with Crippen LogP contribution in [0.4, 0.5) is 0 Å². The number of phosphoric ester groups is 2. The van der Waals surface area contributed by atoms with Crippen LogP contribution in [0.25, 0.3) is 0 Å². The molecule has 3 N–H and O–H groups in total. The number of aliphatic hydroxyl groups excluding tert-OH is 1. The summed E-state index contributed by atoms with van der Waals surface area (Å²) in [5.74, 6) is 0.0328. The second-order valence-corrected chi connectivity index (χ2v) is 28.3. The van der Waals surface area contributed by atoms with Gasteiger partial charge in [-0.25, -0.2) is 9.13 Å². The van der Waals surface area contributed by atoms with Crippen molar-refractivity contribution in [2.45, 2.75) is 336 Å². The molecular formula is C69H130O17P2. The fourth-order valence-corrected chi connectivity index (χ4v) is 11.4. The Kier molecular flexibility index (Phi) is 57.9. The Balaban J connectivity index is 5.30. The van der Waals surface area contributed by atoms with Gasteiger partial charge in [0.05, 0.1) is 26.4 Å². The van der Waals surface area contributed by atoms with Crippen molar-refractivity contribution < 1.29 is 80.2 Å². The number of carbonyl (C=O) groups is 4. The number of hydrogen-bond acceptors (Lipinski definition) is 15. The Hall–Kier alpha value is -2.46. The Morgan fingerprint density at radius 2 is 0.670 bits per heavy atom. The molecule has 0 saturated heterocycles. The maximum absolute atomic E-state index is 13.0. The smallest absolute Gasteiger partial charge is 0.462 e. The van der Waals surface area contributed by atoms with Crippen LogP contribution in [0.15, 0.2) is 24.3 Å². The molecule has 0 aliphatic carbocycles. The van der Waals surface area contributed by atoms with E-state index in [4.69, 9.17) is 37.0 Å². The summed E-state index contributed by atoms with van der Waals surface area (Å²) in [6.07, 6.45) is 45.3. The SMILES string of the molecule is CCCCCC/C=C\C=C/CCCCCCCC(=O)O[C@H](COC(=O)CCCCCCCCCCC(C)C)COP(=O)(O)OCC(O)COP(=O)(O)OC[C@@H](COC(=O)CCCCCCCCCC(C)C)OC(=O)CCCCCCCCCCC(C)CC. The van der Waals surface area contributed by atoms with Gasteiger partial charge in [-0.3, -0.25) is 37.3 Å². The number of allylic oxidation sites excluding steroid dienone is 4. The topological polar surface area (TPSA) is 237 Å². The van der Waals surface area contributed by atoms with E-state index >= 15 is 0 Å². The molecule has 0 saturated carbocycles. The van der Waals surface area contributed by atoms with Crippen molar-refractivity contribution in [3.63, 3.8) is 0 Å². The molecule has 0 spiro atoms. The van der Waals surface area contributed by atoms with Gasteiger partial charge >= 0.3 is 39.5 Å². The fourth-order valence-electron chi connectivity index (χ4n) is 9.79. The first-order chi connectivity index (χ1) is 42.3. The van der Waals surface area contributed by atoms with Crippen LogP contribution >= 0.6 is 15.6 Å². The van der Waals surface area contributed by atoms with E-state index in [9.17, 15) is 43.2 Å². The number of ether oxygens (including phenoxy) is 4. The lowest BCUT2D eigenvalue weighted by atomic mass is 9.99. The van der Waals surface area contributed by atoms with Crippen LogP contribution in [0.2, 0.25) is 0 Å². The highest BCUT2D eigenvalue weighted by atomic mass is 31.2. The van der Waals surface area contributed by atoms with E-state index in [1.54, 1.807) is 0 Å². The van der Waals surface area contributed by atoms with Gasteiger partial charge < -0.3 is 33.8 Å². The Labute approximate surface area is 535 Å². The van der Waals surface area contributed by atoms with Crippen molar-refractivity contribution in [2.75, 3.05) is 39.6 Å². The third-order valence-corrected chi connectivity index (χ3v) is 17.5. The van der Waals surface area contributed by atoms with Gasteiger partial charge in [0.2, 0.25) is 0 Å². The zero-order chi connectivity index (χ0) is 65.2. The Morgan fingerprint density at radius 3 is 1.01 bits per heavy atom. The van der Waals surface area contributed by atoms with Crippen LogP contribution < -0.4 is 0 Å². The molecule has 0 heterocycles. The molecule has 0 aromatic heterocycles. The van der Waals surface area contributed by atoms with Crippen LogP contribution in [-0.2, 0) is 65.4 Å². The predicted molar refractivity (Wildman–Crippen MR) is 354 cm³/mol. The van der Waals surface area contributed by atoms with Crippen molar-refractivity contribution in [3.05, 3.63) is 24.3 Å². The molecule has 19 heteroatoms. The second kappa shape index (κ2) is 59.5. The van der Waals surface area contributed by atoms with Gasteiger partial charge in [0.15, 0.2) is 12.2 Å². The first-order valence-corrected chi connectivity index (χ1v) is 38.2. The van der Waals surface area contributed by atoms with E-state index in [2.05, 4.69) is 72.8 Å². The molecule has 6 atom stereocenters. The number of rotatable bonds is 65. The van der Waals surface area contributed by atoms with Crippen LogP contribution in [-0.4, -0.2) is 96.7 Å². The summed E-state index contributed by atoms with van der Waals surface area (Å²) in [4.78, 5) is 72.4. The molecule has 0 aliphatic rings. The quantitative estimate of drug-likeness (QED) is 0.0169. The minimum absolute atomic E-state index is 0.0838. The summed E-state index contributed by atoms with van der Waals surface area (Å²) in [6, 6.07) is 0. The molecule has 4 unspecified atom stereocenters.